The summed E-state index contributed by atoms with van der Waals surface area (Å²) in [6.45, 7) is 14.5. The number of nitrogens with one attached hydrogen (secondary N) is 2. The Bertz CT molecular complexity index is 1510. The van der Waals surface area contributed by atoms with Crippen LogP contribution in [-0.4, -0.2) is 94.6 Å². The molecule has 46 heavy (non-hydrogen) atoms. The first kappa shape index (κ1) is 38.4. The lowest BCUT2D eigenvalue weighted by Gasteiger charge is -2.33. The van der Waals surface area contributed by atoms with Gasteiger partial charge in [-0.05, 0) is 60.1 Å². The van der Waals surface area contributed by atoms with E-state index in [1.165, 1.54) is 45.0 Å². The summed E-state index contributed by atoms with van der Waals surface area (Å²) in [4.78, 5) is 37.1. The number of alkyl halides is 1. The second-order valence-corrected chi connectivity index (χ2v) is 17.0. The van der Waals surface area contributed by atoms with Gasteiger partial charge in [0.05, 0.1) is 49.0 Å². The summed E-state index contributed by atoms with van der Waals surface area (Å²) in [5.41, 5.74) is -0.480. The van der Waals surface area contributed by atoms with E-state index in [0.717, 1.165) is 0 Å². The van der Waals surface area contributed by atoms with E-state index in [4.69, 9.17) is 34.9 Å². The van der Waals surface area contributed by atoms with Gasteiger partial charge in [-0.3, -0.25) is 23.3 Å². The maximum absolute atomic E-state index is 16.6. The normalized spacial score (nSPS) is 25.7. The van der Waals surface area contributed by atoms with Crippen molar-refractivity contribution in [3.63, 3.8) is 0 Å². The Labute approximate surface area is 273 Å². The first-order valence-corrected chi connectivity index (χ1v) is 19.2. The molecule has 19 heteroatoms. The number of carbonyl (C=O) groups is 2. The number of halogens is 2. The molecule has 1 aliphatic rings. The standard InChI is InChI=1S/C27H44ClFN6O9P2/c1-14(2)42-24(36)17(6)33-45(9,38)40-11-19-27(8,12-41-46(10,39)34-18(7)25(37)43-15(3)4)21(29)23(44-19)35-13-30-20-16(5)31-26(28)32-22(20)35/h13-15,17-19,21,23H,11-12H2,1-10H3,(H,33,38)(H,34,39)/t17-,18-,19+,21-,23-,27?,45?,46?/m0/s1. The van der Waals surface area contributed by atoms with Crippen molar-refractivity contribution in [1.82, 2.24) is 29.7 Å². The largest absolute Gasteiger partial charge is 0.462 e. The van der Waals surface area contributed by atoms with Crippen molar-refractivity contribution in [3.05, 3.63) is 17.3 Å². The van der Waals surface area contributed by atoms with E-state index in [2.05, 4.69) is 25.1 Å². The van der Waals surface area contributed by atoms with Crippen LogP contribution in [-0.2, 0) is 42.0 Å². The number of esters is 2. The number of carbonyl (C=O) groups excluding carboxylic acids is 2. The summed E-state index contributed by atoms with van der Waals surface area (Å²) < 4.78 is 72.6. The molecule has 2 aromatic rings. The summed E-state index contributed by atoms with van der Waals surface area (Å²) in [5, 5.41) is 5.19. The van der Waals surface area contributed by atoms with Crippen molar-refractivity contribution >= 4 is 49.7 Å². The predicted octanol–water partition coefficient (Wildman–Crippen LogP) is 4.57. The first-order chi connectivity index (χ1) is 21.2. The molecule has 0 amide bonds. The van der Waals surface area contributed by atoms with Crippen molar-refractivity contribution in [2.75, 3.05) is 26.5 Å². The fraction of sp³-hybridized carbons (Fsp3) is 0.741. The lowest BCUT2D eigenvalue weighted by Crippen LogP contribution is -2.43. The number of rotatable bonds is 15. The highest BCUT2D eigenvalue weighted by atomic mass is 35.5. The van der Waals surface area contributed by atoms with Gasteiger partial charge in [-0.25, -0.2) is 24.5 Å². The Morgan fingerprint density at radius 2 is 1.54 bits per heavy atom. The fourth-order valence-electron chi connectivity index (χ4n) is 4.74. The zero-order valence-corrected chi connectivity index (χ0v) is 30.2. The number of nitrogens with zero attached hydrogens (tertiary/aromatic N) is 4. The molecule has 0 bridgehead atoms. The van der Waals surface area contributed by atoms with Crippen molar-refractivity contribution < 1.29 is 46.4 Å². The van der Waals surface area contributed by atoms with Crippen molar-refractivity contribution in [1.29, 1.82) is 0 Å². The third kappa shape index (κ3) is 9.53. The summed E-state index contributed by atoms with van der Waals surface area (Å²) >= 11 is 6.08. The number of hydrogen-bond acceptors (Lipinski definition) is 12. The zero-order valence-electron chi connectivity index (χ0n) is 27.6. The summed E-state index contributed by atoms with van der Waals surface area (Å²) in [6, 6.07) is -1.95. The summed E-state index contributed by atoms with van der Waals surface area (Å²) in [7, 11) is -7.38. The van der Waals surface area contributed by atoms with Crippen molar-refractivity contribution in [2.45, 2.75) is 98.2 Å². The van der Waals surface area contributed by atoms with Gasteiger partial charge in [-0.15, -0.1) is 0 Å². The molecular weight excluding hydrogens is 669 g/mol. The number of aryl methyl sites for hydroxylation is 1. The van der Waals surface area contributed by atoms with Gasteiger partial charge in [0, 0.05) is 13.3 Å². The van der Waals surface area contributed by atoms with Gasteiger partial charge in [0.1, 0.15) is 17.6 Å². The number of aromatic nitrogens is 4. The van der Waals surface area contributed by atoms with E-state index in [9.17, 15) is 18.7 Å². The SMILES string of the molecule is Cc1nc(Cl)nc2c1ncn2[C@H]1O[C@H](COP(C)(=O)N[C@@H](C)C(=O)OC(C)C)C(C)(COP(C)(=O)N[C@@H](C)C(=O)OC(C)C)[C@H]1F. The van der Waals surface area contributed by atoms with Gasteiger partial charge in [0.15, 0.2) is 18.0 Å². The maximum Gasteiger partial charge on any atom is 0.323 e. The number of hydrogen-bond donors (Lipinski definition) is 2. The molecule has 1 saturated heterocycles. The van der Waals surface area contributed by atoms with Crippen LogP contribution in [0.5, 0.6) is 0 Å². The molecular formula is C27H44ClFN6O9P2. The summed E-state index contributed by atoms with van der Waals surface area (Å²) in [6.07, 6.45) is -3.71. The van der Waals surface area contributed by atoms with Crippen LogP contribution < -0.4 is 10.2 Å². The van der Waals surface area contributed by atoms with E-state index in [0.29, 0.717) is 11.2 Å². The van der Waals surface area contributed by atoms with Gasteiger partial charge in [-0.1, -0.05) is 6.92 Å². The Morgan fingerprint density at radius 1 is 1.02 bits per heavy atom. The van der Waals surface area contributed by atoms with E-state index in [1.807, 2.05) is 0 Å². The third-order valence-electron chi connectivity index (χ3n) is 7.12. The van der Waals surface area contributed by atoms with E-state index >= 15 is 4.39 Å². The quantitative estimate of drug-likeness (QED) is 0.149. The van der Waals surface area contributed by atoms with Gasteiger partial charge < -0.3 is 23.3 Å². The minimum atomic E-state index is -3.71. The Hall–Kier alpha value is -2.03. The van der Waals surface area contributed by atoms with Gasteiger partial charge in [0.2, 0.25) is 5.28 Å². The highest BCUT2D eigenvalue weighted by Crippen LogP contribution is 2.51. The van der Waals surface area contributed by atoms with Gasteiger partial charge in [0.25, 0.3) is 15.0 Å². The van der Waals surface area contributed by atoms with Gasteiger partial charge in [-0.2, -0.15) is 4.98 Å². The molecule has 0 aliphatic carbocycles. The average molecular weight is 713 g/mol. The van der Waals surface area contributed by atoms with Crippen LogP contribution >= 0.6 is 26.6 Å². The smallest absolute Gasteiger partial charge is 0.323 e. The predicted molar refractivity (Wildman–Crippen MR) is 169 cm³/mol. The number of imidazole rings is 1. The molecule has 0 saturated carbocycles. The van der Waals surface area contributed by atoms with E-state index < -0.39 is 76.2 Å². The highest BCUT2D eigenvalue weighted by molar-refractivity contribution is 7.56. The highest BCUT2D eigenvalue weighted by Gasteiger charge is 2.56. The van der Waals surface area contributed by atoms with Crippen LogP contribution in [0.1, 0.15) is 60.4 Å². The molecule has 260 valence electrons. The lowest BCUT2D eigenvalue weighted by atomic mass is 9.82. The molecule has 3 heterocycles. The minimum absolute atomic E-state index is 0.0719. The number of fused-ring (bicyclic) bond motifs is 1. The van der Waals surface area contributed by atoms with Crippen LogP contribution in [0.25, 0.3) is 11.2 Å². The first-order valence-electron chi connectivity index (χ1n) is 14.7. The Kier molecular flexibility index (Phi) is 12.6. The number of ether oxygens (including phenoxy) is 3. The van der Waals surface area contributed by atoms with Crippen molar-refractivity contribution in [3.8, 4) is 0 Å². The molecule has 1 aliphatic heterocycles. The van der Waals surface area contributed by atoms with Crippen LogP contribution in [0.4, 0.5) is 4.39 Å². The van der Waals surface area contributed by atoms with E-state index in [-0.39, 0.29) is 23.1 Å². The maximum atomic E-state index is 16.6. The molecule has 3 rings (SSSR count). The second-order valence-electron chi connectivity index (χ2n) is 12.3. The second kappa shape index (κ2) is 15.0. The summed E-state index contributed by atoms with van der Waals surface area (Å²) in [5.74, 6) is -1.26. The molecule has 0 aromatic carbocycles. The topological polar surface area (TPSA) is 182 Å². The van der Waals surface area contributed by atoms with E-state index in [1.54, 1.807) is 34.6 Å². The monoisotopic (exact) mass is 712 g/mol. The Morgan fingerprint density at radius 3 is 2.07 bits per heavy atom. The zero-order chi connectivity index (χ0) is 34.8. The molecule has 0 radical (unpaired) electrons. The van der Waals surface area contributed by atoms with Crippen molar-refractivity contribution in [2.24, 2.45) is 5.41 Å². The lowest BCUT2D eigenvalue weighted by molar-refractivity contribution is -0.149. The molecule has 1 fully saturated rings. The van der Waals surface area contributed by atoms with Crippen LogP contribution in [0, 0.1) is 12.3 Å². The Balaban J connectivity index is 1.87. The molecule has 2 N–H and O–H groups in total. The fourth-order valence-corrected chi connectivity index (χ4v) is 7.66. The molecule has 0 spiro atoms. The molecule has 2 aromatic heterocycles. The average Bonchev–Trinajstić information content (AvgIpc) is 3.44. The molecule has 15 nitrogen and oxygen atoms in total. The third-order valence-corrected chi connectivity index (χ3v) is 10.3. The van der Waals surface area contributed by atoms with Crippen LogP contribution in [0.15, 0.2) is 6.33 Å². The molecule has 8 atom stereocenters. The van der Waals surface area contributed by atoms with Crippen LogP contribution in [0.2, 0.25) is 5.28 Å². The van der Waals surface area contributed by atoms with Gasteiger partial charge >= 0.3 is 11.9 Å². The van der Waals surface area contributed by atoms with Crippen LogP contribution in [0.3, 0.4) is 0 Å². The minimum Gasteiger partial charge on any atom is -0.462 e. The molecule has 3 unspecified atom stereocenters.